The molecule has 13 heavy (non-hydrogen) atoms. The summed E-state index contributed by atoms with van der Waals surface area (Å²) in [4.78, 5) is 8.27. The molecule has 0 aliphatic heterocycles. The van der Waals surface area contributed by atoms with Crippen molar-refractivity contribution in [2.24, 2.45) is 0 Å². The average molecular weight is 274 g/mol. The van der Waals surface area contributed by atoms with Crippen LogP contribution in [0.15, 0.2) is 38.5 Å². The van der Waals surface area contributed by atoms with Crippen LogP contribution in [-0.4, -0.2) is 14.3 Å². The topological polar surface area (TPSA) is 38.7 Å². The first kappa shape index (κ1) is 9.11. The minimum Gasteiger partial charge on any atom is -0.248 e. The van der Waals surface area contributed by atoms with E-state index in [1.807, 2.05) is 12.1 Å². The third-order valence-electron chi connectivity index (χ3n) is 1.25. The van der Waals surface area contributed by atoms with Crippen LogP contribution in [0.4, 0.5) is 0 Å². The number of aromatic nitrogens is 3. The van der Waals surface area contributed by atoms with E-state index in [1.54, 1.807) is 12.5 Å². The van der Waals surface area contributed by atoms with Gasteiger partial charge in [0.15, 0.2) is 4.34 Å². The molecule has 2 rings (SSSR count). The van der Waals surface area contributed by atoms with Crippen LogP contribution in [0.5, 0.6) is 0 Å². The second-order valence-corrected chi connectivity index (χ2v) is 4.97. The fraction of sp³-hybridized carbons (Fsp3) is 0. The van der Waals surface area contributed by atoms with Crippen molar-refractivity contribution in [2.75, 3.05) is 0 Å². The third kappa shape index (κ3) is 2.26. The van der Waals surface area contributed by atoms with Gasteiger partial charge in [0.2, 0.25) is 0 Å². The van der Waals surface area contributed by atoms with Crippen molar-refractivity contribution < 1.29 is 0 Å². The molecular weight excluding hydrogens is 270 g/mol. The fourth-order valence-corrected chi connectivity index (χ4v) is 2.57. The smallest absolute Gasteiger partial charge is 0.176 e. The molecule has 66 valence electrons. The van der Waals surface area contributed by atoms with Crippen LogP contribution in [0.3, 0.4) is 0 Å². The molecule has 6 heteroatoms. The molecule has 0 radical (unpaired) electrons. The van der Waals surface area contributed by atoms with E-state index in [4.69, 9.17) is 0 Å². The van der Waals surface area contributed by atoms with E-state index in [1.165, 1.54) is 23.3 Å². The highest BCUT2D eigenvalue weighted by Gasteiger charge is 2.04. The Morgan fingerprint density at radius 1 is 1.38 bits per heavy atom. The van der Waals surface area contributed by atoms with Gasteiger partial charge in [0, 0.05) is 6.20 Å². The maximum Gasteiger partial charge on any atom is 0.176 e. The van der Waals surface area contributed by atoms with Gasteiger partial charge in [-0.15, -0.1) is 0 Å². The van der Waals surface area contributed by atoms with E-state index in [0.29, 0.717) is 0 Å². The fourth-order valence-electron chi connectivity index (χ4n) is 0.737. The van der Waals surface area contributed by atoms with Crippen molar-refractivity contribution in [2.45, 2.75) is 9.37 Å². The molecule has 3 nitrogen and oxygen atoms in total. The van der Waals surface area contributed by atoms with Crippen LogP contribution >= 0.6 is 39.2 Å². The van der Waals surface area contributed by atoms with Gasteiger partial charge in [0.1, 0.15) is 11.4 Å². The molecule has 0 fully saturated rings. The first-order valence-corrected chi connectivity index (χ1v) is 5.79. The molecule has 0 unspecified atom stereocenters. The molecule has 0 saturated heterocycles. The zero-order valence-electron chi connectivity index (χ0n) is 6.35. The van der Waals surface area contributed by atoms with Crippen LogP contribution in [0.25, 0.3) is 0 Å². The van der Waals surface area contributed by atoms with Crippen LogP contribution in [0, 0.1) is 0 Å². The van der Waals surface area contributed by atoms with Gasteiger partial charge < -0.3 is 0 Å². The Morgan fingerprint density at radius 2 is 2.31 bits per heavy atom. The van der Waals surface area contributed by atoms with Crippen molar-refractivity contribution in [3.05, 3.63) is 29.1 Å². The normalized spacial score (nSPS) is 10.2. The summed E-state index contributed by atoms with van der Waals surface area (Å²) in [6, 6.07) is 3.84. The van der Waals surface area contributed by atoms with Crippen LogP contribution in [0.1, 0.15) is 0 Å². The average Bonchev–Trinajstić information content (AvgIpc) is 2.61. The van der Waals surface area contributed by atoms with E-state index >= 15 is 0 Å². The first-order chi connectivity index (χ1) is 6.36. The molecule has 0 amide bonds. The van der Waals surface area contributed by atoms with Gasteiger partial charge in [0.05, 0.1) is 4.47 Å². The Kier molecular flexibility index (Phi) is 2.92. The minimum absolute atomic E-state index is 0.902. The second kappa shape index (κ2) is 4.17. The molecule has 0 saturated carbocycles. The van der Waals surface area contributed by atoms with Crippen LogP contribution in [-0.2, 0) is 0 Å². The van der Waals surface area contributed by atoms with Crippen molar-refractivity contribution in [1.29, 1.82) is 0 Å². The number of pyridine rings is 1. The molecule has 2 heterocycles. The summed E-state index contributed by atoms with van der Waals surface area (Å²) in [6.07, 6.45) is 3.30. The number of nitrogens with zero attached hydrogens (tertiary/aromatic N) is 3. The summed E-state index contributed by atoms with van der Waals surface area (Å²) in [5.74, 6) is 0. The zero-order chi connectivity index (χ0) is 9.10. The molecule has 0 aliphatic carbocycles. The van der Waals surface area contributed by atoms with Gasteiger partial charge in [-0.3, -0.25) is 0 Å². The van der Waals surface area contributed by atoms with Gasteiger partial charge in [-0.25, -0.2) is 9.97 Å². The molecule has 0 atom stereocenters. The lowest BCUT2D eigenvalue weighted by Gasteiger charge is -1.97. The van der Waals surface area contributed by atoms with Gasteiger partial charge >= 0.3 is 0 Å². The molecule has 0 aliphatic rings. The summed E-state index contributed by atoms with van der Waals surface area (Å²) in [5, 5.41) is 0.916. The standard InChI is InChI=1S/C7H4BrN3S2/c8-5-2-1-3-9-6(5)12-7-10-4-11-13-7/h1-4H. The number of rotatable bonds is 2. The Bertz CT molecular complexity index is 390. The molecule has 2 aromatic rings. The maximum atomic E-state index is 4.21. The highest BCUT2D eigenvalue weighted by atomic mass is 79.9. The Morgan fingerprint density at radius 3 is 3.00 bits per heavy atom. The Labute approximate surface area is 91.9 Å². The monoisotopic (exact) mass is 273 g/mol. The van der Waals surface area contributed by atoms with E-state index in [-0.39, 0.29) is 0 Å². The number of hydrogen-bond donors (Lipinski definition) is 0. The lowest BCUT2D eigenvalue weighted by Crippen LogP contribution is -1.79. The predicted molar refractivity (Wildman–Crippen MR) is 56.0 cm³/mol. The SMILES string of the molecule is Brc1cccnc1Sc1ncns1. The van der Waals surface area contributed by atoms with Crippen molar-refractivity contribution in [1.82, 2.24) is 14.3 Å². The molecular formula is C7H4BrN3S2. The third-order valence-corrected chi connectivity index (χ3v) is 3.89. The summed E-state index contributed by atoms with van der Waals surface area (Å²) < 4.78 is 5.80. The van der Waals surface area contributed by atoms with E-state index in [9.17, 15) is 0 Å². The summed E-state index contributed by atoms with van der Waals surface area (Å²) >= 11 is 6.29. The largest absolute Gasteiger partial charge is 0.248 e. The van der Waals surface area contributed by atoms with Gasteiger partial charge in [-0.05, 0) is 51.4 Å². The predicted octanol–water partition coefficient (Wildman–Crippen LogP) is 2.85. The number of halogens is 1. The van der Waals surface area contributed by atoms with E-state index < -0.39 is 0 Å². The highest BCUT2D eigenvalue weighted by Crippen LogP contribution is 2.31. The summed E-state index contributed by atoms with van der Waals surface area (Å²) in [7, 11) is 0. The lowest BCUT2D eigenvalue weighted by atomic mass is 10.5. The van der Waals surface area contributed by atoms with Crippen molar-refractivity contribution in [3.63, 3.8) is 0 Å². The molecule has 0 N–H and O–H groups in total. The van der Waals surface area contributed by atoms with E-state index in [0.717, 1.165) is 13.8 Å². The highest BCUT2D eigenvalue weighted by molar-refractivity contribution is 9.10. The van der Waals surface area contributed by atoms with Gasteiger partial charge in [-0.1, -0.05) is 0 Å². The van der Waals surface area contributed by atoms with Crippen LogP contribution < -0.4 is 0 Å². The van der Waals surface area contributed by atoms with Crippen molar-refractivity contribution in [3.8, 4) is 0 Å². The molecule has 0 spiro atoms. The first-order valence-electron chi connectivity index (χ1n) is 3.41. The summed E-state index contributed by atoms with van der Waals surface area (Å²) in [5.41, 5.74) is 0. The quantitative estimate of drug-likeness (QED) is 0.844. The Hall–Kier alpha value is -0.460. The Balaban J connectivity index is 2.24. The molecule has 0 bridgehead atoms. The second-order valence-electron chi connectivity index (χ2n) is 2.10. The van der Waals surface area contributed by atoms with Crippen molar-refractivity contribution >= 4 is 39.2 Å². The molecule has 0 aromatic carbocycles. The number of hydrogen-bond acceptors (Lipinski definition) is 5. The summed E-state index contributed by atoms with van der Waals surface area (Å²) in [6.45, 7) is 0. The minimum atomic E-state index is 0.902. The molecule has 2 aromatic heterocycles. The van der Waals surface area contributed by atoms with Crippen LogP contribution in [0.2, 0.25) is 0 Å². The van der Waals surface area contributed by atoms with E-state index in [2.05, 4.69) is 30.3 Å². The van der Waals surface area contributed by atoms with Gasteiger partial charge in [0.25, 0.3) is 0 Å². The lowest BCUT2D eigenvalue weighted by molar-refractivity contribution is 1.10. The zero-order valence-corrected chi connectivity index (χ0v) is 9.56. The maximum absolute atomic E-state index is 4.21. The van der Waals surface area contributed by atoms with Gasteiger partial charge in [-0.2, -0.15) is 4.37 Å².